The first kappa shape index (κ1) is 22.6. The summed E-state index contributed by atoms with van der Waals surface area (Å²) in [5, 5.41) is 4.95. The second-order valence-corrected chi connectivity index (χ2v) is 8.59. The van der Waals surface area contributed by atoms with Crippen LogP contribution in [0.4, 0.5) is 5.82 Å². The summed E-state index contributed by atoms with van der Waals surface area (Å²) >= 11 is 12.8. The average molecular weight is 506 g/mol. The quantitative estimate of drug-likeness (QED) is 0.349. The summed E-state index contributed by atoms with van der Waals surface area (Å²) in [6, 6.07) is 20.4. The van der Waals surface area contributed by atoms with Crippen LogP contribution in [0.2, 0.25) is 10.0 Å². The molecule has 5 aromatic rings. The fourth-order valence-corrected chi connectivity index (χ4v) is 4.24. The third-order valence-corrected chi connectivity index (χ3v) is 5.89. The minimum absolute atomic E-state index is 0.139. The van der Waals surface area contributed by atoms with Crippen LogP contribution >= 0.6 is 23.2 Å². The molecule has 8 nitrogen and oxygen atoms in total. The summed E-state index contributed by atoms with van der Waals surface area (Å²) in [4.78, 5) is 30.5. The number of benzene rings is 3. The second-order valence-electron chi connectivity index (χ2n) is 7.77. The van der Waals surface area contributed by atoms with E-state index < -0.39 is 11.2 Å². The molecule has 5 rings (SSSR count). The van der Waals surface area contributed by atoms with Crippen molar-refractivity contribution >= 4 is 39.9 Å². The number of aromatic amines is 1. The van der Waals surface area contributed by atoms with E-state index in [4.69, 9.17) is 38.7 Å². The third kappa shape index (κ3) is 4.37. The molecule has 0 atom stereocenters. The number of aromatic nitrogens is 4. The highest BCUT2D eigenvalue weighted by molar-refractivity contribution is 6.37. The smallest absolute Gasteiger partial charge is 0.349 e. The van der Waals surface area contributed by atoms with Gasteiger partial charge >= 0.3 is 5.69 Å². The number of anilines is 1. The molecule has 0 saturated heterocycles. The van der Waals surface area contributed by atoms with Gasteiger partial charge in [-0.15, -0.1) is 5.10 Å². The van der Waals surface area contributed by atoms with Crippen LogP contribution in [-0.4, -0.2) is 19.7 Å². The fourth-order valence-electron chi connectivity index (χ4n) is 3.68. The van der Waals surface area contributed by atoms with Gasteiger partial charge in [0.15, 0.2) is 5.75 Å². The number of H-pyrrole nitrogens is 1. The van der Waals surface area contributed by atoms with Gasteiger partial charge in [-0.05, 0) is 48.9 Å². The highest BCUT2D eigenvalue weighted by atomic mass is 35.5. The van der Waals surface area contributed by atoms with Crippen molar-refractivity contribution in [2.75, 3.05) is 5.73 Å². The maximum Gasteiger partial charge on any atom is 0.349 e. The van der Waals surface area contributed by atoms with Crippen LogP contribution in [0.1, 0.15) is 5.56 Å². The molecule has 0 aliphatic heterocycles. The van der Waals surface area contributed by atoms with Crippen LogP contribution in [0.3, 0.4) is 0 Å². The molecule has 10 heteroatoms. The summed E-state index contributed by atoms with van der Waals surface area (Å²) < 4.78 is 6.88. The van der Waals surface area contributed by atoms with Gasteiger partial charge in [-0.25, -0.2) is 9.78 Å². The molecule has 0 radical (unpaired) electrons. The number of fused-ring (bicyclic) bond motifs is 1. The first-order valence-corrected chi connectivity index (χ1v) is 11.2. The van der Waals surface area contributed by atoms with Crippen LogP contribution in [0.15, 0.2) is 76.3 Å². The van der Waals surface area contributed by atoms with Crippen LogP contribution in [0.25, 0.3) is 27.8 Å². The molecule has 0 fully saturated rings. The van der Waals surface area contributed by atoms with Crippen molar-refractivity contribution < 1.29 is 4.74 Å². The summed E-state index contributed by atoms with van der Waals surface area (Å²) in [5.41, 5.74) is 7.98. The predicted molar refractivity (Wildman–Crippen MR) is 137 cm³/mol. The van der Waals surface area contributed by atoms with E-state index in [0.717, 1.165) is 32.4 Å². The number of nitrogens with zero attached hydrogens (tertiary/aromatic N) is 3. The van der Waals surface area contributed by atoms with Crippen LogP contribution in [0.5, 0.6) is 11.5 Å². The zero-order valence-electron chi connectivity index (χ0n) is 18.3. The van der Waals surface area contributed by atoms with Crippen LogP contribution < -0.4 is 21.7 Å². The number of nitrogens with one attached hydrogen (secondary N) is 1. The van der Waals surface area contributed by atoms with Crippen molar-refractivity contribution in [2.24, 2.45) is 0 Å². The first-order chi connectivity index (χ1) is 16.8. The van der Waals surface area contributed by atoms with E-state index in [1.54, 1.807) is 6.07 Å². The fraction of sp³-hybridized carbons (Fsp3) is 0.0400. The van der Waals surface area contributed by atoms with Gasteiger partial charge in [0.2, 0.25) is 5.82 Å². The van der Waals surface area contributed by atoms with Gasteiger partial charge in [0, 0.05) is 10.9 Å². The van der Waals surface area contributed by atoms with E-state index >= 15 is 0 Å². The zero-order chi connectivity index (χ0) is 24.7. The van der Waals surface area contributed by atoms with Gasteiger partial charge in [0.05, 0.1) is 26.9 Å². The third-order valence-electron chi connectivity index (χ3n) is 5.32. The van der Waals surface area contributed by atoms with E-state index in [1.165, 1.54) is 12.1 Å². The topological polar surface area (TPSA) is 116 Å². The molecule has 0 unspecified atom stereocenters. The van der Waals surface area contributed by atoms with Crippen molar-refractivity contribution in [3.63, 3.8) is 0 Å². The Labute approximate surface area is 208 Å². The Bertz CT molecular complexity index is 1690. The Kier molecular flexibility index (Phi) is 5.76. The number of ether oxygens (including phenoxy) is 1. The van der Waals surface area contributed by atoms with Gasteiger partial charge in [0.1, 0.15) is 5.75 Å². The molecular formula is C25H17Cl2N5O3. The lowest BCUT2D eigenvalue weighted by molar-refractivity contribution is 0.483. The lowest BCUT2D eigenvalue weighted by Gasteiger charge is -2.13. The molecule has 0 spiro atoms. The standard InChI is InChI=1S/C25H17Cl2N5O3/c1-13-9-15-10-17(7-8-20(15)29-21(13)14-5-3-2-4-6-14)35-22-18(26)11-16(12-19(22)27)32-25(34)30-24(33)23(28)31-32/h2-12H,1H3,(H2,28,31)(H,30,33,34). The van der Waals surface area contributed by atoms with Crippen molar-refractivity contribution in [3.05, 3.63) is 103 Å². The second kappa shape index (κ2) is 8.90. The number of pyridine rings is 1. The summed E-state index contributed by atoms with van der Waals surface area (Å²) in [6.45, 7) is 2.01. The SMILES string of the molecule is Cc1cc2cc(Oc3c(Cl)cc(-n4nc(N)c(=O)[nH]c4=O)cc3Cl)ccc2nc1-c1ccccc1. The van der Waals surface area contributed by atoms with Crippen molar-refractivity contribution in [2.45, 2.75) is 6.92 Å². The van der Waals surface area contributed by atoms with Gasteiger partial charge in [0.25, 0.3) is 5.56 Å². The van der Waals surface area contributed by atoms with E-state index in [9.17, 15) is 9.59 Å². The molecule has 0 saturated carbocycles. The Morgan fingerprint density at radius 1 is 0.971 bits per heavy atom. The Morgan fingerprint density at radius 2 is 1.69 bits per heavy atom. The molecule has 3 aromatic carbocycles. The van der Waals surface area contributed by atoms with Gasteiger partial charge in [-0.3, -0.25) is 9.78 Å². The van der Waals surface area contributed by atoms with Crippen molar-refractivity contribution in [1.29, 1.82) is 0 Å². The number of aryl methyl sites for hydroxylation is 1. The highest BCUT2D eigenvalue weighted by Crippen LogP contribution is 2.39. The predicted octanol–water partition coefficient (Wildman–Crippen LogP) is 5.13. The largest absolute Gasteiger partial charge is 0.454 e. The Morgan fingerprint density at radius 3 is 2.40 bits per heavy atom. The van der Waals surface area contributed by atoms with E-state index in [1.807, 2.05) is 55.5 Å². The molecular weight excluding hydrogens is 489 g/mol. The maximum absolute atomic E-state index is 12.1. The molecule has 0 bridgehead atoms. The molecule has 174 valence electrons. The maximum atomic E-state index is 12.1. The Hall–Kier alpha value is -4.14. The minimum atomic E-state index is -0.780. The Balaban J connectivity index is 1.49. The van der Waals surface area contributed by atoms with Crippen molar-refractivity contribution in [3.8, 4) is 28.4 Å². The molecule has 0 aliphatic rings. The van der Waals surface area contributed by atoms with Crippen molar-refractivity contribution in [1.82, 2.24) is 19.7 Å². The normalized spacial score (nSPS) is 11.1. The van der Waals surface area contributed by atoms with Crippen LogP contribution in [0, 0.1) is 6.92 Å². The summed E-state index contributed by atoms with van der Waals surface area (Å²) in [7, 11) is 0. The zero-order valence-corrected chi connectivity index (χ0v) is 19.8. The van der Waals surface area contributed by atoms with E-state index in [2.05, 4.69) is 10.1 Å². The summed E-state index contributed by atoms with van der Waals surface area (Å²) in [6.07, 6.45) is 0. The molecule has 0 amide bonds. The van der Waals surface area contributed by atoms with Gasteiger partial charge in [-0.1, -0.05) is 53.5 Å². The van der Waals surface area contributed by atoms with Crippen LogP contribution in [-0.2, 0) is 0 Å². The number of hydrogen-bond donors (Lipinski definition) is 2. The number of hydrogen-bond acceptors (Lipinski definition) is 6. The van der Waals surface area contributed by atoms with Gasteiger partial charge < -0.3 is 10.5 Å². The number of nitrogens with two attached hydrogens (primary N) is 1. The lowest BCUT2D eigenvalue weighted by Crippen LogP contribution is -2.33. The molecule has 0 aliphatic carbocycles. The first-order valence-electron chi connectivity index (χ1n) is 10.4. The number of halogens is 2. The average Bonchev–Trinajstić information content (AvgIpc) is 2.83. The summed E-state index contributed by atoms with van der Waals surface area (Å²) in [5.74, 6) is 0.339. The number of rotatable bonds is 4. The number of nitrogen functional groups attached to an aromatic ring is 1. The minimum Gasteiger partial charge on any atom is -0.454 e. The van der Waals surface area contributed by atoms with Gasteiger partial charge in [-0.2, -0.15) is 4.68 Å². The lowest BCUT2D eigenvalue weighted by atomic mass is 10.0. The van der Waals surface area contributed by atoms with E-state index in [0.29, 0.717) is 5.75 Å². The van der Waals surface area contributed by atoms with E-state index in [-0.39, 0.29) is 27.3 Å². The molecule has 3 N–H and O–H groups in total. The molecule has 35 heavy (non-hydrogen) atoms. The highest BCUT2D eigenvalue weighted by Gasteiger charge is 2.15. The molecule has 2 heterocycles. The monoisotopic (exact) mass is 505 g/mol. The molecule has 2 aromatic heterocycles.